The number of hydrogen-bond donors (Lipinski definition) is 2. The van der Waals surface area contributed by atoms with E-state index in [1.54, 1.807) is 4.90 Å². The monoisotopic (exact) mass is 319 g/mol. The third kappa shape index (κ3) is 4.61. The second-order valence-corrected chi connectivity index (χ2v) is 6.50. The average molecular weight is 319 g/mol. The molecule has 2 rings (SSSR count). The molecule has 6 heteroatoms. The highest BCUT2D eigenvalue weighted by Crippen LogP contribution is 2.22. The van der Waals surface area contributed by atoms with Gasteiger partial charge >= 0.3 is 12.0 Å². The first-order valence-corrected chi connectivity index (χ1v) is 7.88. The molecule has 1 fully saturated rings. The number of amides is 2. The maximum Gasteiger partial charge on any atom is 0.317 e. The smallest absolute Gasteiger partial charge is 0.317 e. The molecule has 1 aromatic rings. The minimum absolute atomic E-state index is 0.196. The summed E-state index contributed by atoms with van der Waals surface area (Å²) in [6.07, 6.45) is 0.629. The van der Waals surface area contributed by atoms with Crippen molar-refractivity contribution in [3.8, 4) is 0 Å². The van der Waals surface area contributed by atoms with Gasteiger partial charge < -0.3 is 20.2 Å². The standard InChI is InChI=1S/C17H25N3O3/c1-12-7-14(16(21)22)11-20(10-12)17(23)18-9-13-5-4-6-15(8-13)19(2)3/h4-6,8,12,14H,7,9-11H2,1-3H3,(H,18,23)(H,21,22). The van der Waals surface area contributed by atoms with Crippen LogP contribution in [0, 0.1) is 11.8 Å². The third-order valence-corrected chi connectivity index (χ3v) is 4.17. The molecule has 0 spiro atoms. The molecule has 2 atom stereocenters. The van der Waals surface area contributed by atoms with Crippen LogP contribution in [0.3, 0.4) is 0 Å². The molecular weight excluding hydrogens is 294 g/mol. The Labute approximate surface area is 137 Å². The summed E-state index contributed by atoms with van der Waals surface area (Å²) in [4.78, 5) is 27.1. The number of aliphatic carboxylic acids is 1. The molecule has 23 heavy (non-hydrogen) atoms. The highest BCUT2D eigenvalue weighted by atomic mass is 16.4. The summed E-state index contributed by atoms with van der Waals surface area (Å²) in [7, 11) is 3.94. The highest BCUT2D eigenvalue weighted by Gasteiger charge is 2.31. The largest absolute Gasteiger partial charge is 0.481 e. The molecule has 1 heterocycles. The number of hydrogen-bond acceptors (Lipinski definition) is 3. The molecule has 0 saturated carbocycles. The number of nitrogens with one attached hydrogen (secondary N) is 1. The minimum Gasteiger partial charge on any atom is -0.481 e. The van der Waals surface area contributed by atoms with Crippen LogP contribution in [0.25, 0.3) is 0 Å². The van der Waals surface area contributed by atoms with E-state index in [9.17, 15) is 14.7 Å². The number of nitrogens with zero attached hydrogens (tertiary/aromatic N) is 2. The van der Waals surface area contributed by atoms with Gasteiger partial charge in [0.25, 0.3) is 0 Å². The molecule has 0 aliphatic carbocycles. The Morgan fingerprint density at radius 1 is 1.35 bits per heavy atom. The van der Waals surface area contributed by atoms with Gasteiger partial charge in [0.2, 0.25) is 0 Å². The molecule has 1 aliphatic rings. The molecule has 1 aromatic carbocycles. The van der Waals surface area contributed by atoms with Gasteiger partial charge in [-0.3, -0.25) is 4.79 Å². The van der Waals surface area contributed by atoms with Crippen LogP contribution in [0.1, 0.15) is 18.9 Å². The van der Waals surface area contributed by atoms with E-state index < -0.39 is 11.9 Å². The van der Waals surface area contributed by atoms with Gasteiger partial charge in [-0.2, -0.15) is 0 Å². The molecule has 0 aromatic heterocycles. The van der Waals surface area contributed by atoms with Crippen LogP contribution in [0.2, 0.25) is 0 Å². The third-order valence-electron chi connectivity index (χ3n) is 4.17. The van der Waals surface area contributed by atoms with Crippen LogP contribution in [-0.4, -0.2) is 49.2 Å². The van der Waals surface area contributed by atoms with Crippen molar-refractivity contribution in [1.29, 1.82) is 0 Å². The van der Waals surface area contributed by atoms with Crippen molar-refractivity contribution in [2.45, 2.75) is 19.9 Å². The van der Waals surface area contributed by atoms with Gasteiger partial charge in [0.05, 0.1) is 5.92 Å². The Morgan fingerprint density at radius 3 is 2.74 bits per heavy atom. The zero-order valence-electron chi connectivity index (χ0n) is 14.0. The maximum absolute atomic E-state index is 12.3. The zero-order chi connectivity index (χ0) is 17.0. The van der Waals surface area contributed by atoms with E-state index in [0.29, 0.717) is 19.5 Å². The first kappa shape index (κ1) is 17.1. The minimum atomic E-state index is -0.826. The Hall–Kier alpha value is -2.24. The SMILES string of the molecule is CC1CC(C(=O)O)CN(C(=O)NCc2cccc(N(C)C)c2)C1. The van der Waals surface area contributed by atoms with Gasteiger partial charge in [0, 0.05) is 39.4 Å². The van der Waals surface area contributed by atoms with Crippen molar-refractivity contribution in [2.75, 3.05) is 32.1 Å². The van der Waals surface area contributed by atoms with E-state index in [-0.39, 0.29) is 18.5 Å². The van der Waals surface area contributed by atoms with Crippen molar-refractivity contribution in [2.24, 2.45) is 11.8 Å². The van der Waals surface area contributed by atoms with Crippen LogP contribution >= 0.6 is 0 Å². The number of benzene rings is 1. The summed E-state index contributed by atoms with van der Waals surface area (Å²) in [5.74, 6) is -1.10. The van der Waals surface area contributed by atoms with E-state index in [0.717, 1.165) is 11.3 Å². The van der Waals surface area contributed by atoms with E-state index >= 15 is 0 Å². The number of carbonyl (C=O) groups is 2. The predicted molar refractivity (Wildman–Crippen MR) is 89.5 cm³/mol. The molecule has 1 aliphatic heterocycles. The first-order chi connectivity index (χ1) is 10.9. The fourth-order valence-electron chi connectivity index (χ4n) is 2.93. The predicted octanol–water partition coefficient (Wildman–Crippen LogP) is 2.00. The van der Waals surface area contributed by atoms with Crippen molar-refractivity contribution in [3.63, 3.8) is 0 Å². The lowest BCUT2D eigenvalue weighted by Gasteiger charge is -2.34. The molecule has 0 bridgehead atoms. The van der Waals surface area contributed by atoms with Gasteiger partial charge in [-0.1, -0.05) is 19.1 Å². The van der Waals surface area contributed by atoms with Gasteiger partial charge in [0.1, 0.15) is 0 Å². The van der Waals surface area contributed by atoms with Crippen molar-refractivity contribution in [3.05, 3.63) is 29.8 Å². The van der Waals surface area contributed by atoms with E-state index in [4.69, 9.17) is 0 Å². The molecular formula is C17H25N3O3. The normalized spacial score (nSPS) is 20.9. The van der Waals surface area contributed by atoms with Crippen LogP contribution in [0.5, 0.6) is 0 Å². The van der Waals surface area contributed by atoms with Crippen molar-refractivity contribution >= 4 is 17.7 Å². The first-order valence-electron chi connectivity index (χ1n) is 7.88. The Balaban J connectivity index is 1.94. The van der Waals surface area contributed by atoms with Gasteiger partial charge in [-0.25, -0.2) is 4.79 Å². The highest BCUT2D eigenvalue weighted by molar-refractivity contribution is 5.76. The number of urea groups is 1. The van der Waals surface area contributed by atoms with Gasteiger partial charge in [0.15, 0.2) is 0 Å². The number of carboxylic acid groups (broad SMARTS) is 1. The fraction of sp³-hybridized carbons (Fsp3) is 0.529. The van der Waals surface area contributed by atoms with Crippen molar-refractivity contribution < 1.29 is 14.7 Å². The molecule has 6 nitrogen and oxygen atoms in total. The topological polar surface area (TPSA) is 72.9 Å². The second kappa shape index (κ2) is 7.35. The molecule has 2 unspecified atom stereocenters. The number of carboxylic acids is 1. The number of likely N-dealkylation sites (tertiary alicyclic amines) is 1. The lowest BCUT2D eigenvalue weighted by Crippen LogP contribution is -2.49. The van der Waals surface area contributed by atoms with E-state index in [2.05, 4.69) is 5.32 Å². The quantitative estimate of drug-likeness (QED) is 0.890. The van der Waals surface area contributed by atoms with Gasteiger partial charge in [-0.15, -0.1) is 0 Å². The average Bonchev–Trinajstić information content (AvgIpc) is 2.52. The maximum atomic E-state index is 12.3. The number of rotatable bonds is 4. The zero-order valence-corrected chi connectivity index (χ0v) is 14.0. The Bertz CT molecular complexity index is 574. The molecule has 0 radical (unpaired) electrons. The second-order valence-electron chi connectivity index (χ2n) is 6.50. The van der Waals surface area contributed by atoms with Crippen LogP contribution < -0.4 is 10.2 Å². The Kier molecular flexibility index (Phi) is 5.47. The summed E-state index contributed by atoms with van der Waals surface area (Å²) >= 11 is 0. The van der Waals surface area contributed by atoms with Crippen LogP contribution in [0.4, 0.5) is 10.5 Å². The lowest BCUT2D eigenvalue weighted by molar-refractivity contribution is -0.143. The summed E-state index contributed by atoms with van der Waals surface area (Å²) in [6.45, 7) is 3.30. The summed E-state index contributed by atoms with van der Waals surface area (Å²) < 4.78 is 0. The summed E-state index contributed by atoms with van der Waals surface area (Å²) in [5.41, 5.74) is 2.10. The molecule has 2 N–H and O–H groups in total. The van der Waals surface area contributed by atoms with E-state index in [1.807, 2.05) is 50.2 Å². The van der Waals surface area contributed by atoms with E-state index in [1.165, 1.54) is 0 Å². The number of carbonyl (C=O) groups excluding carboxylic acids is 1. The molecule has 126 valence electrons. The molecule has 2 amide bonds. The van der Waals surface area contributed by atoms with Crippen LogP contribution in [-0.2, 0) is 11.3 Å². The summed E-state index contributed by atoms with van der Waals surface area (Å²) in [6, 6.07) is 7.76. The number of piperidine rings is 1. The fourth-order valence-corrected chi connectivity index (χ4v) is 2.93. The van der Waals surface area contributed by atoms with Gasteiger partial charge in [-0.05, 0) is 30.0 Å². The molecule has 1 saturated heterocycles. The van der Waals surface area contributed by atoms with Crippen LogP contribution in [0.15, 0.2) is 24.3 Å². The summed E-state index contributed by atoms with van der Waals surface area (Å²) in [5, 5.41) is 12.1. The van der Waals surface area contributed by atoms with Crippen molar-refractivity contribution in [1.82, 2.24) is 10.2 Å². The lowest BCUT2D eigenvalue weighted by atomic mass is 9.91. The number of anilines is 1. The Morgan fingerprint density at radius 2 is 2.09 bits per heavy atom.